The van der Waals surface area contributed by atoms with Gasteiger partial charge in [0.2, 0.25) is 10.0 Å². The summed E-state index contributed by atoms with van der Waals surface area (Å²) in [6, 6.07) is 7.02. The number of piperidine rings is 1. The fourth-order valence-corrected chi connectivity index (χ4v) is 4.87. The van der Waals surface area contributed by atoms with Gasteiger partial charge in [-0.3, -0.25) is 0 Å². The minimum atomic E-state index is -3.34. The Hall–Kier alpha value is -1.60. The fraction of sp³-hybridized carbons (Fsp3) is 0.611. The predicted molar refractivity (Wildman–Crippen MR) is 99.7 cm³/mol. The van der Waals surface area contributed by atoms with E-state index in [1.807, 2.05) is 12.1 Å². The van der Waals surface area contributed by atoms with Crippen molar-refractivity contribution in [3.8, 4) is 0 Å². The van der Waals surface area contributed by atoms with Gasteiger partial charge in [-0.25, -0.2) is 13.4 Å². The molecule has 2 heterocycles. The summed E-state index contributed by atoms with van der Waals surface area (Å²) < 4.78 is 26.6. The van der Waals surface area contributed by atoms with Crippen molar-refractivity contribution in [3.05, 3.63) is 29.8 Å². The summed E-state index contributed by atoms with van der Waals surface area (Å²) in [7, 11) is -3.34. The van der Waals surface area contributed by atoms with Crippen LogP contribution >= 0.6 is 0 Å². The van der Waals surface area contributed by atoms with Gasteiger partial charge in [0.15, 0.2) is 5.96 Å². The zero-order chi connectivity index (χ0) is 17.9. The van der Waals surface area contributed by atoms with Crippen molar-refractivity contribution in [1.82, 2.24) is 9.21 Å². The Kier molecular flexibility index (Phi) is 5.64. The van der Waals surface area contributed by atoms with Crippen LogP contribution in [0.1, 0.15) is 38.2 Å². The summed E-state index contributed by atoms with van der Waals surface area (Å²) in [6.07, 6.45) is 4.19. The van der Waals surface area contributed by atoms with Gasteiger partial charge < -0.3 is 10.6 Å². The van der Waals surface area contributed by atoms with Crippen LogP contribution in [0.4, 0.5) is 0 Å². The maximum atomic E-state index is 12.5. The highest BCUT2D eigenvalue weighted by molar-refractivity contribution is 7.89. The molecule has 0 amide bonds. The fourth-order valence-electron chi connectivity index (χ4n) is 3.35. The first-order valence-electron chi connectivity index (χ1n) is 9.11. The molecule has 2 N–H and O–H groups in total. The van der Waals surface area contributed by atoms with Gasteiger partial charge in [0.1, 0.15) is 0 Å². The summed E-state index contributed by atoms with van der Waals surface area (Å²) in [4.78, 5) is 6.97. The maximum absolute atomic E-state index is 12.5. The zero-order valence-electron chi connectivity index (χ0n) is 14.9. The lowest BCUT2D eigenvalue weighted by atomic mass is 10.00. The second-order valence-electron chi connectivity index (χ2n) is 7.10. The third-order valence-corrected chi connectivity index (χ3v) is 7.07. The van der Waals surface area contributed by atoms with Crippen molar-refractivity contribution in [1.29, 1.82) is 0 Å². The molecule has 2 fully saturated rings. The summed E-state index contributed by atoms with van der Waals surface area (Å²) in [5.74, 6) is 1.34. The second kappa shape index (κ2) is 7.74. The first-order chi connectivity index (χ1) is 12.0. The van der Waals surface area contributed by atoms with E-state index in [4.69, 9.17) is 5.73 Å². The molecular weight excluding hydrogens is 336 g/mol. The molecule has 1 aromatic carbocycles. The molecule has 2 aliphatic heterocycles. The quantitative estimate of drug-likeness (QED) is 0.655. The summed E-state index contributed by atoms with van der Waals surface area (Å²) in [5, 5.41) is 0. The second-order valence-corrected chi connectivity index (χ2v) is 9.04. The highest BCUT2D eigenvalue weighted by Gasteiger charge is 2.26. The molecule has 138 valence electrons. The molecule has 0 spiro atoms. The number of likely N-dealkylation sites (tertiary alicyclic amines) is 1. The number of hydrogen-bond donors (Lipinski definition) is 1. The average Bonchev–Trinajstić information content (AvgIpc) is 3.16. The largest absolute Gasteiger partial charge is 0.370 e. The normalized spacial score (nSPS) is 21.0. The zero-order valence-corrected chi connectivity index (χ0v) is 15.7. The lowest BCUT2D eigenvalue weighted by Crippen LogP contribution is -2.42. The minimum absolute atomic E-state index is 0.361. The lowest BCUT2D eigenvalue weighted by molar-refractivity contribution is 0.277. The van der Waals surface area contributed by atoms with Crippen LogP contribution in [0, 0.1) is 5.92 Å². The van der Waals surface area contributed by atoms with E-state index in [1.54, 1.807) is 16.4 Å². The highest BCUT2D eigenvalue weighted by Crippen LogP contribution is 2.21. The van der Waals surface area contributed by atoms with Crippen LogP contribution < -0.4 is 5.73 Å². The molecule has 0 saturated carbocycles. The third-order valence-electron chi connectivity index (χ3n) is 5.16. The number of aliphatic imine (C=N–C) groups is 1. The van der Waals surface area contributed by atoms with Gasteiger partial charge in [0, 0.05) is 26.2 Å². The first-order valence-corrected chi connectivity index (χ1v) is 10.5. The minimum Gasteiger partial charge on any atom is -0.370 e. The molecule has 0 unspecified atom stereocenters. The summed E-state index contributed by atoms with van der Waals surface area (Å²) >= 11 is 0. The van der Waals surface area contributed by atoms with Crippen LogP contribution in [0.25, 0.3) is 0 Å². The van der Waals surface area contributed by atoms with Crippen LogP contribution in [-0.2, 0) is 16.6 Å². The summed E-state index contributed by atoms with van der Waals surface area (Å²) in [5.41, 5.74) is 7.06. The van der Waals surface area contributed by atoms with E-state index < -0.39 is 10.0 Å². The topological polar surface area (TPSA) is 79.0 Å². The molecule has 2 aliphatic rings. The number of hydrogen-bond acceptors (Lipinski definition) is 3. The molecule has 7 heteroatoms. The van der Waals surface area contributed by atoms with E-state index in [2.05, 4.69) is 16.8 Å². The Balaban J connectivity index is 1.61. The number of guanidine groups is 1. The monoisotopic (exact) mass is 364 g/mol. The standard InChI is InChI=1S/C18H28N4O2S/c1-15-8-12-21(13-9-15)18(19)20-14-16-4-6-17(7-5-16)25(23,24)22-10-2-3-11-22/h4-7,15H,2-3,8-14H2,1H3,(H2,19,20). The van der Waals surface area contributed by atoms with E-state index >= 15 is 0 Å². The van der Waals surface area contributed by atoms with Gasteiger partial charge in [0.05, 0.1) is 11.4 Å². The maximum Gasteiger partial charge on any atom is 0.243 e. The van der Waals surface area contributed by atoms with Crippen molar-refractivity contribution in [2.24, 2.45) is 16.6 Å². The molecule has 0 aromatic heterocycles. The summed E-state index contributed by atoms with van der Waals surface area (Å²) in [6.45, 7) is 5.91. The van der Waals surface area contributed by atoms with Crippen LogP contribution in [0.15, 0.2) is 34.2 Å². The van der Waals surface area contributed by atoms with Gasteiger partial charge in [-0.2, -0.15) is 4.31 Å². The Morgan fingerprint density at radius 2 is 1.72 bits per heavy atom. The Morgan fingerprint density at radius 3 is 2.32 bits per heavy atom. The average molecular weight is 365 g/mol. The van der Waals surface area contributed by atoms with E-state index in [0.29, 0.717) is 30.5 Å². The highest BCUT2D eigenvalue weighted by atomic mass is 32.2. The lowest BCUT2D eigenvalue weighted by Gasteiger charge is -2.31. The van der Waals surface area contributed by atoms with Crippen molar-refractivity contribution in [2.45, 2.75) is 44.0 Å². The molecule has 3 rings (SSSR count). The number of rotatable bonds is 4. The Labute approximate surface area is 150 Å². The van der Waals surface area contributed by atoms with Crippen molar-refractivity contribution in [3.63, 3.8) is 0 Å². The van der Waals surface area contributed by atoms with Gasteiger partial charge in [-0.1, -0.05) is 19.1 Å². The van der Waals surface area contributed by atoms with Crippen LogP contribution in [0.2, 0.25) is 0 Å². The van der Waals surface area contributed by atoms with Crippen LogP contribution in [-0.4, -0.2) is 49.8 Å². The Morgan fingerprint density at radius 1 is 1.12 bits per heavy atom. The molecule has 0 radical (unpaired) electrons. The number of benzene rings is 1. The van der Waals surface area contributed by atoms with Crippen molar-refractivity contribution >= 4 is 16.0 Å². The SMILES string of the molecule is CC1CCN(C(N)=NCc2ccc(S(=O)(=O)N3CCCC3)cc2)CC1. The molecule has 0 aliphatic carbocycles. The molecular formula is C18H28N4O2S. The number of nitrogens with two attached hydrogens (primary N) is 1. The van der Waals surface area contributed by atoms with Gasteiger partial charge in [0.25, 0.3) is 0 Å². The Bertz CT molecular complexity index is 701. The van der Waals surface area contributed by atoms with E-state index in [0.717, 1.165) is 50.3 Å². The number of sulfonamides is 1. The van der Waals surface area contributed by atoms with Gasteiger partial charge >= 0.3 is 0 Å². The predicted octanol–water partition coefficient (Wildman–Crippen LogP) is 2.02. The molecule has 2 saturated heterocycles. The van der Waals surface area contributed by atoms with Crippen LogP contribution in [0.3, 0.4) is 0 Å². The molecule has 6 nitrogen and oxygen atoms in total. The third kappa shape index (κ3) is 4.33. The molecule has 25 heavy (non-hydrogen) atoms. The molecule has 0 bridgehead atoms. The van der Waals surface area contributed by atoms with Gasteiger partial charge in [-0.15, -0.1) is 0 Å². The molecule has 0 atom stereocenters. The first kappa shape index (κ1) is 18.2. The van der Waals surface area contributed by atoms with E-state index in [9.17, 15) is 8.42 Å². The van der Waals surface area contributed by atoms with E-state index in [-0.39, 0.29) is 0 Å². The molecule has 1 aromatic rings. The van der Waals surface area contributed by atoms with Crippen molar-refractivity contribution in [2.75, 3.05) is 26.2 Å². The van der Waals surface area contributed by atoms with Gasteiger partial charge in [-0.05, 0) is 49.3 Å². The smallest absolute Gasteiger partial charge is 0.243 e. The number of nitrogens with zero attached hydrogens (tertiary/aromatic N) is 3. The van der Waals surface area contributed by atoms with E-state index in [1.165, 1.54) is 0 Å². The van der Waals surface area contributed by atoms with Crippen molar-refractivity contribution < 1.29 is 8.42 Å². The van der Waals surface area contributed by atoms with Crippen LogP contribution in [0.5, 0.6) is 0 Å².